The Balaban J connectivity index is 2.45. The Kier molecular flexibility index (Phi) is 4.99. The van der Waals surface area contributed by atoms with Crippen molar-refractivity contribution >= 4 is 40.8 Å². The number of nitrogens with zero attached hydrogens (tertiary/aromatic N) is 2. The van der Waals surface area contributed by atoms with Crippen LogP contribution in [0.2, 0.25) is 0 Å². The van der Waals surface area contributed by atoms with E-state index in [1.807, 2.05) is 6.26 Å². The van der Waals surface area contributed by atoms with Crippen molar-refractivity contribution in [1.29, 1.82) is 0 Å². The number of ether oxygens (including phenoxy) is 1. The quantitative estimate of drug-likeness (QED) is 0.462. The average molecular weight is 248 g/mol. The summed E-state index contributed by atoms with van der Waals surface area (Å²) in [7, 11) is 1.34. The first kappa shape index (κ1) is 11.5. The molecule has 0 fully saturated rings. The van der Waals surface area contributed by atoms with Crippen molar-refractivity contribution in [2.75, 3.05) is 13.4 Å². The number of esters is 1. The molecule has 1 aromatic heterocycles. The molecule has 0 saturated heterocycles. The van der Waals surface area contributed by atoms with E-state index in [4.69, 9.17) is 0 Å². The van der Waals surface area contributed by atoms with Crippen molar-refractivity contribution in [2.45, 2.75) is 8.68 Å². The van der Waals surface area contributed by atoms with Gasteiger partial charge < -0.3 is 4.74 Å². The molecular formula is C7H8N2O2S3. The number of methoxy groups -OCH3 is 1. The minimum atomic E-state index is -0.368. The highest BCUT2D eigenvalue weighted by Gasteiger charge is 2.01. The molecule has 0 aliphatic carbocycles. The molecule has 0 radical (unpaired) electrons. The van der Waals surface area contributed by atoms with Crippen molar-refractivity contribution in [3.8, 4) is 0 Å². The summed E-state index contributed by atoms with van der Waals surface area (Å²) in [6, 6.07) is 0. The normalized spacial score (nSPS) is 10.7. The summed E-state index contributed by atoms with van der Waals surface area (Å²) in [6.45, 7) is 0. The maximum atomic E-state index is 10.7. The molecule has 0 N–H and O–H groups in total. The predicted molar refractivity (Wildman–Crippen MR) is 58.7 cm³/mol. The van der Waals surface area contributed by atoms with Crippen molar-refractivity contribution in [2.24, 2.45) is 0 Å². The molecule has 76 valence electrons. The third-order valence-corrected chi connectivity index (χ3v) is 3.92. The van der Waals surface area contributed by atoms with Gasteiger partial charge in [0.2, 0.25) is 0 Å². The van der Waals surface area contributed by atoms with E-state index in [0.717, 1.165) is 8.68 Å². The van der Waals surface area contributed by atoms with Gasteiger partial charge in [-0.15, -0.1) is 10.2 Å². The first-order valence-corrected chi connectivity index (χ1v) is 6.47. The number of aromatic nitrogens is 2. The van der Waals surface area contributed by atoms with Crippen LogP contribution in [0.3, 0.4) is 0 Å². The highest BCUT2D eigenvalue weighted by molar-refractivity contribution is 8.04. The van der Waals surface area contributed by atoms with Gasteiger partial charge in [0.15, 0.2) is 8.68 Å². The molecule has 0 unspecified atom stereocenters. The summed E-state index contributed by atoms with van der Waals surface area (Å²) in [5, 5.41) is 9.47. The second-order valence-electron chi connectivity index (χ2n) is 1.98. The third kappa shape index (κ3) is 3.69. The zero-order valence-electron chi connectivity index (χ0n) is 7.59. The van der Waals surface area contributed by atoms with Crippen LogP contribution in [0.15, 0.2) is 20.2 Å². The number of hydrogen-bond acceptors (Lipinski definition) is 7. The molecule has 0 aliphatic heterocycles. The van der Waals surface area contributed by atoms with Crippen LogP contribution in [0.5, 0.6) is 0 Å². The first-order chi connectivity index (χ1) is 6.76. The summed E-state index contributed by atoms with van der Waals surface area (Å²) >= 11 is 4.39. The minimum absolute atomic E-state index is 0.368. The largest absolute Gasteiger partial charge is 0.466 e. The van der Waals surface area contributed by atoms with Crippen molar-refractivity contribution in [1.82, 2.24) is 10.2 Å². The lowest BCUT2D eigenvalue weighted by Gasteiger charge is -1.87. The lowest BCUT2D eigenvalue weighted by molar-refractivity contribution is -0.134. The number of carbonyl (C=O) groups excluding carboxylic acids is 1. The molecule has 14 heavy (non-hydrogen) atoms. The summed E-state index contributed by atoms with van der Waals surface area (Å²) in [5.41, 5.74) is 0. The fraction of sp³-hybridized carbons (Fsp3) is 0.286. The maximum absolute atomic E-state index is 10.7. The zero-order valence-corrected chi connectivity index (χ0v) is 10.0. The van der Waals surface area contributed by atoms with E-state index in [9.17, 15) is 4.79 Å². The van der Waals surface area contributed by atoms with E-state index < -0.39 is 0 Å². The van der Waals surface area contributed by atoms with E-state index in [0.29, 0.717) is 0 Å². The summed E-state index contributed by atoms with van der Waals surface area (Å²) in [4.78, 5) is 10.7. The van der Waals surface area contributed by atoms with E-state index in [-0.39, 0.29) is 5.97 Å². The molecule has 7 heteroatoms. The maximum Gasteiger partial charge on any atom is 0.330 e. The Morgan fingerprint density at radius 1 is 1.50 bits per heavy atom. The standard InChI is InChI=1S/C7H8N2O2S3/c1-11-5(10)3-4-13-7-9-8-6(12-2)14-7/h3-4H,1-2H3/b4-3+. The average Bonchev–Trinajstić information content (AvgIpc) is 2.65. The van der Waals surface area contributed by atoms with Gasteiger partial charge in [0.05, 0.1) is 7.11 Å². The Morgan fingerprint density at radius 3 is 2.79 bits per heavy atom. The third-order valence-electron chi connectivity index (χ3n) is 1.14. The summed E-state index contributed by atoms with van der Waals surface area (Å²) < 4.78 is 6.17. The first-order valence-electron chi connectivity index (χ1n) is 3.55. The van der Waals surface area contributed by atoms with Crippen LogP contribution < -0.4 is 0 Å². The van der Waals surface area contributed by atoms with Gasteiger partial charge in [0.25, 0.3) is 0 Å². The van der Waals surface area contributed by atoms with Gasteiger partial charge >= 0.3 is 5.97 Å². The van der Waals surface area contributed by atoms with Gasteiger partial charge in [-0.05, 0) is 11.7 Å². The Labute approximate surface area is 94.1 Å². The Hall–Kier alpha value is -0.530. The van der Waals surface area contributed by atoms with Crippen LogP contribution >= 0.6 is 34.9 Å². The SMILES string of the molecule is COC(=O)/C=C/Sc1nnc(SC)s1. The van der Waals surface area contributed by atoms with Gasteiger partial charge in [-0.1, -0.05) is 34.9 Å². The number of carbonyl (C=O) groups is 1. The molecule has 1 rings (SSSR count). The van der Waals surface area contributed by atoms with Gasteiger partial charge in [-0.25, -0.2) is 4.79 Å². The van der Waals surface area contributed by atoms with E-state index in [2.05, 4.69) is 14.9 Å². The molecule has 0 atom stereocenters. The monoisotopic (exact) mass is 248 g/mol. The molecule has 0 aliphatic rings. The van der Waals surface area contributed by atoms with Gasteiger partial charge in [-0.2, -0.15) is 0 Å². The van der Waals surface area contributed by atoms with Crippen molar-refractivity contribution in [3.05, 3.63) is 11.5 Å². The van der Waals surface area contributed by atoms with Crippen LogP contribution in [0.25, 0.3) is 0 Å². The number of rotatable bonds is 4. The second kappa shape index (κ2) is 6.05. The molecule has 1 aromatic rings. The van der Waals surface area contributed by atoms with E-state index in [1.54, 1.807) is 17.2 Å². The van der Waals surface area contributed by atoms with Crippen molar-refractivity contribution in [3.63, 3.8) is 0 Å². The fourth-order valence-corrected chi connectivity index (χ4v) is 2.69. The topological polar surface area (TPSA) is 52.1 Å². The lowest BCUT2D eigenvalue weighted by atomic mass is 10.7. The molecule has 0 saturated carbocycles. The lowest BCUT2D eigenvalue weighted by Crippen LogP contribution is -1.92. The fourth-order valence-electron chi connectivity index (χ4n) is 0.543. The highest BCUT2D eigenvalue weighted by atomic mass is 32.2. The van der Waals surface area contributed by atoms with E-state index >= 15 is 0 Å². The molecule has 0 spiro atoms. The van der Waals surface area contributed by atoms with Crippen LogP contribution in [-0.2, 0) is 9.53 Å². The zero-order chi connectivity index (χ0) is 10.4. The molecule has 4 nitrogen and oxygen atoms in total. The minimum Gasteiger partial charge on any atom is -0.466 e. The number of hydrogen-bond donors (Lipinski definition) is 0. The van der Waals surface area contributed by atoms with Gasteiger partial charge in [0.1, 0.15) is 0 Å². The smallest absolute Gasteiger partial charge is 0.330 e. The second-order valence-corrected chi connectivity index (χ2v) is 5.17. The van der Waals surface area contributed by atoms with Crippen LogP contribution in [-0.4, -0.2) is 29.5 Å². The Bertz CT molecular complexity index is 337. The molecular weight excluding hydrogens is 240 g/mol. The molecule has 1 heterocycles. The van der Waals surface area contributed by atoms with Crippen LogP contribution in [0.1, 0.15) is 0 Å². The summed E-state index contributed by atoms with van der Waals surface area (Å²) in [6.07, 6.45) is 3.30. The number of thioether (sulfide) groups is 2. The molecule has 0 amide bonds. The molecule has 0 bridgehead atoms. The van der Waals surface area contributed by atoms with Crippen LogP contribution in [0, 0.1) is 0 Å². The highest BCUT2D eigenvalue weighted by Crippen LogP contribution is 2.27. The summed E-state index contributed by atoms with van der Waals surface area (Å²) in [5.74, 6) is -0.368. The van der Waals surface area contributed by atoms with Crippen LogP contribution in [0.4, 0.5) is 0 Å². The Morgan fingerprint density at radius 2 is 2.21 bits per heavy atom. The van der Waals surface area contributed by atoms with Gasteiger partial charge in [-0.3, -0.25) is 0 Å². The van der Waals surface area contributed by atoms with Gasteiger partial charge in [0, 0.05) is 6.08 Å². The predicted octanol–water partition coefficient (Wildman–Crippen LogP) is 2.04. The van der Waals surface area contributed by atoms with Crippen molar-refractivity contribution < 1.29 is 9.53 Å². The molecule has 0 aromatic carbocycles. The van der Waals surface area contributed by atoms with E-state index in [1.165, 1.54) is 36.3 Å².